The first-order valence-electron chi connectivity index (χ1n) is 8.32. The van der Waals surface area contributed by atoms with Crippen molar-refractivity contribution in [3.63, 3.8) is 0 Å². The van der Waals surface area contributed by atoms with Crippen molar-refractivity contribution in [2.75, 3.05) is 32.7 Å². The Balaban J connectivity index is 1.46. The molecule has 110 valence electrons. The molecule has 0 unspecified atom stereocenters. The first kappa shape index (κ1) is 12.8. The van der Waals surface area contributed by atoms with Gasteiger partial charge in [-0.05, 0) is 50.8 Å². The van der Waals surface area contributed by atoms with E-state index in [0.717, 1.165) is 24.9 Å². The van der Waals surface area contributed by atoms with Crippen LogP contribution in [0.4, 0.5) is 0 Å². The fourth-order valence-corrected chi connectivity index (χ4v) is 3.87. The van der Waals surface area contributed by atoms with Crippen molar-refractivity contribution in [2.24, 2.45) is 11.8 Å². The molecule has 1 saturated carbocycles. The van der Waals surface area contributed by atoms with Crippen LogP contribution in [0.1, 0.15) is 31.4 Å². The zero-order valence-corrected chi connectivity index (χ0v) is 12.4. The van der Waals surface area contributed by atoms with E-state index in [1.165, 1.54) is 64.1 Å². The summed E-state index contributed by atoms with van der Waals surface area (Å²) in [7, 11) is 0. The van der Waals surface area contributed by atoms with E-state index in [2.05, 4.69) is 25.6 Å². The molecule has 2 aliphatic heterocycles. The Labute approximate surface area is 121 Å². The van der Waals surface area contributed by atoms with Gasteiger partial charge in [-0.2, -0.15) is 5.10 Å². The molecule has 4 rings (SSSR count). The average molecular weight is 274 g/mol. The van der Waals surface area contributed by atoms with Gasteiger partial charge in [-0.25, -0.2) is 0 Å². The smallest absolute Gasteiger partial charge is 0.0524 e. The van der Waals surface area contributed by atoms with Crippen LogP contribution in [0, 0.1) is 11.8 Å². The number of fused-ring (bicyclic) bond motifs is 1. The van der Waals surface area contributed by atoms with E-state index >= 15 is 0 Å². The summed E-state index contributed by atoms with van der Waals surface area (Å²) in [6, 6.07) is 2.21. The molecule has 1 atom stereocenters. The Morgan fingerprint density at radius 1 is 1.00 bits per heavy atom. The van der Waals surface area contributed by atoms with Crippen LogP contribution < -0.4 is 0 Å². The van der Waals surface area contributed by atoms with E-state index in [1.54, 1.807) is 0 Å². The number of rotatable bonds is 4. The highest BCUT2D eigenvalue weighted by Crippen LogP contribution is 2.31. The maximum Gasteiger partial charge on any atom is 0.0524 e. The lowest BCUT2D eigenvalue weighted by Gasteiger charge is -2.27. The molecule has 0 spiro atoms. The second-order valence-corrected chi connectivity index (χ2v) is 7.02. The fourth-order valence-electron chi connectivity index (χ4n) is 3.87. The van der Waals surface area contributed by atoms with Gasteiger partial charge in [0.2, 0.25) is 0 Å². The minimum absolute atomic E-state index is 0.744. The summed E-state index contributed by atoms with van der Waals surface area (Å²) in [4.78, 5) is 5.35. The maximum atomic E-state index is 4.54. The molecule has 0 bridgehead atoms. The number of hydrogen-bond donors (Lipinski definition) is 0. The van der Waals surface area contributed by atoms with Crippen molar-refractivity contribution in [1.29, 1.82) is 0 Å². The van der Waals surface area contributed by atoms with Gasteiger partial charge in [-0.15, -0.1) is 0 Å². The van der Waals surface area contributed by atoms with Gasteiger partial charge < -0.3 is 4.90 Å². The van der Waals surface area contributed by atoms with Gasteiger partial charge >= 0.3 is 0 Å². The zero-order valence-electron chi connectivity index (χ0n) is 12.4. The molecule has 0 N–H and O–H groups in total. The van der Waals surface area contributed by atoms with Crippen LogP contribution in [0.15, 0.2) is 12.3 Å². The Morgan fingerprint density at radius 2 is 1.80 bits per heavy atom. The van der Waals surface area contributed by atoms with E-state index in [4.69, 9.17) is 0 Å². The summed E-state index contributed by atoms with van der Waals surface area (Å²) in [5, 5.41) is 4.54. The molecule has 4 heteroatoms. The summed E-state index contributed by atoms with van der Waals surface area (Å²) < 4.78 is 2.26. The lowest BCUT2D eigenvalue weighted by Crippen LogP contribution is -2.36. The highest BCUT2D eigenvalue weighted by atomic mass is 15.3. The van der Waals surface area contributed by atoms with Crippen molar-refractivity contribution in [2.45, 2.75) is 38.8 Å². The van der Waals surface area contributed by atoms with E-state index in [9.17, 15) is 0 Å². The van der Waals surface area contributed by atoms with E-state index < -0.39 is 0 Å². The molecule has 1 aliphatic carbocycles. The van der Waals surface area contributed by atoms with Gasteiger partial charge in [0.1, 0.15) is 0 Å². The zero-order chi connectivity index (χ0) is 13.4. The molecule has 0 amide bonds. The van der Waals surface area contributed by atoms with Crippen LogP contribution in [0.2, 0.25) is 0 Å². The van der Waals surface area contributed by atoms with Gasteiger partial charge in [0, 0.05) is 44.8 Å². The quantitative estimate of drug-likeness (QED) is 0.837. The molecule has 0 aromatic carbocycles. The van der Waals surface area contributed by atoms with Gasteiger partial charge in [0.05, 0.1) is 5.69 Å². The molecular weight excluding hydrogens is 248 g/mol. The molecule has 3 aliphatic rings. The first-order valence-corrected chi connectivity index (χ1v) is 8.32. The third kappa shape index (κ3) is 2.91. The topological polar surface area (TPSA) is 24.3 Å². The fraction of sp³-hybridized carbons (Fsp3) is 0.812. The Kier molecular flexibility index (Phi) is 3.52. The van der Waals surface area contributed by atoms with Crippen molar-refractivity contribution in [3.05, 3.63) is 18.0 Å². The Morgan fingerprint density at radius 3 is 2.60 bits per heavy atom. The van der Waals surface area contributed by atoms with Gasteiger partial charge in [-0.1, -0.05) is 0 Å². The SMILES string of the molecule is c1cc2n(n1)C[C@H](CN1CCCC1)CN(CC1CC1)C2. The Hall–Kier alpha value is -0.870. The molecule has 1 aromatic rings. The molecule has 4 nitrogen and oxygen atoms in total. The van der Waals surface area contributed by atoms with Crippen molar-refractivity contribution in [3.8, 4) is 0 Å². The first-order chi connectivity index (χ1) is 9.87. The minimum atomic E-state index is 0.744. The Bertz CT molecular complexity index is 445. The lowest BCUT2D eigenvalue weighted by atomic mass is 10.1. The lowest BCUT2D eigenvalue weighted by molar-refractivity contribution is 0.182. The highest BCUT2D eigenvalue weighted by molar-refractivity contribution is 5.03. The highest BCUT2D eigenvalue weighted by Gasteiger charge is 2.29. The second-order valence-electron chi connectivity index (χ2n) is 7.02. The number of hydrogen-bond acceptors (Lipinski definition) is 3. The van der Waals surface area contributed by atoms with Crippen LogP contribution >= 0.6 is 0 Å². The second kappa shape index (κ2) is 5.49. The third-order valence-electron chi connectivity index (χ3n) is 5.07. The van der Waals surface area contributed by atoms with E-state index in [-0.39, 0.29) is 0 Å². The number of nitrogens with zero attached hydrogens (tertiary/aromatic N) is 4. The summed E-state index contributed by atoms with van der Waals surface area (Å²) in [6.45, 7) is 8.67. The van der Waals surface area contributed by atoms with Gasteiger partial charge in [-0.3, -0.25) is 9.58 Å². The molecule has 1 aromatic heterocycles. The molecule has 20 heavy (non-hydrogen) atoms. The average Bonchev–Trinajstić information content (AvgIpc) is 2.95. The van der Waals surface area contributed by atoms with Crippen LogP contribution in [-0.4, -0.2) is 52.3 Å². The van der Waals surface area contributed by atoms with E-state index in [0.29, 0.717) is 0 Å². The summed E-state index contributed by atoms with van der Waals surface area (Å²) in [5.41, 5.74) is 1.41. The third-order valence-corrected chi connectivity index (χ3v) is 5.07. The molecule has 1 saturated heterocycles. The largest absolute Gasteiger partial charge is 0.303 e. The molecular formula is C16H26N4. The van der Waals surface area contributed by atoms with Crippen LogP contribution in [-0.2, 0) is 13.1 Å². The summed E-state index contributed by atoms with van der Waals surface area (Å²) >= 11 is 0. The minimum Gasteiger partial charge on any atom is -0.303 e. The molecule has 2 fully saturated rings. The number of aromatic nitrogens is 2. The summed E-state index contributed by atoms with van der Waals surface area (Å²) in [6.07, 6.45) is 7.67. The van der Waals surface area contributed by atoms with Crippen LogP contribution in [0.25, 0.3) is 0 Å². The van der Waals surface area contributed by atoms with E-state index in [1.807, 2.05) is 6.20 Å². The van der Waals surface area contributed by atoms with Gasteiger partial charge in [0.25, 0.3) is 0 Å². The number of likely N-dealkylation sites (tertiary alicyclic amines) is 1. The van der Waals surface area contributed by atoms with Crippen molar-refractivity contribution < 1.29 is 0 Å². The predicted molar refractivity (Wildman–Crippen MR) is 79.4 cm³/mol. The van der Waals surface area contributed by atoms with Crippen molar-refractivity contribution in [1.82, 2.24) is 19.6 Å². The van der Waals surface area contributed by atoms with Gasteiger partial charge in [0.15, 0.2) is 0 Å². The maximum absolute atomic E-state index is 4.54. The van der Waals surface area contributed by atoms with Crippen LogP contribution in [0.5, 0.6) is 0 Å². The molecule has 0 radical (unpaired) electrons. The standard InChI is InChI=1S/C16H26N4/c1-2-8-18(7-1)10-15-11-19(9-14-3-4-14)13-16-5-6-17-20(16)12-15/h5-6,14-15H,1-4,7-13H2/t15-/m1/s1. The van der Waals surface area contributed by atoms with Crippen molar-refractivity contribution >= 4 is 0 Å². The summed E-state index contributed by atoms with van der Waals surface area (Å²) in [5.74, 6) is 1.73. The molecule has 3 heterocycles. The predicted octanol–water partition coefficient (Wildman–Crippen LogP) is 1.82. The van der Waals surface area contributed by atoms with Crippen LogP contribution in [0.3, 0.4) is 0 Å². The normalized spacial score (nSPS) is 28.5. The monoisotopic (exact) mass is 274 g/mol.